The van der Waals surface area contributed by atoms with Gasteiger partial charge >= 0.3 is 0 Å². The Morgan fingerprint density at radius 3 is 3.06 bits per heavy atom. The summed E-state index contributed by atoms with van der Waals surface area (Å²) >= 11 is 0. The number of rotatable bonds is 3. The zero-order valence-corrected chi connectivity index (χ0v) is 10.1. The minimum absolute atomic E-state index is 0.121. The summed E-state index contributed by atoms with van der Waals surface area (Å²) in [4.78, 5) is 18.6. The molecule has 0 N–H and O–H groups in total. The van der Waals surface area contributed by atoms with E-state index in [9.17, 15) is 4.79 Å². The van der Waals surface area contributed by atoms with Crippen molar-refractivity contribution in [2.75, 3.05) is 13.7 Å². The molecule has 0 aromatic rings. The van der Waals surface area contributed by atoms with Crippen LogP contribution in [0.25, 0.3) is 0 Å². The first kappa shape index (κ1) is 11.4. The molecule has 16 heavy (non-hydrogen) atoms. The largest absolute Gasteiger partial charge is 0.483 e. The van der Waals surface area contributed by atoms with Gasteiger partial charge in [0.25, 0.3) is 0 Å². The topological polar surface area (TPSA) is 41.9 Å². The van der Waals surface area contributed by atoms with Gasteiger partial charge in [-0.15, -0.1) is 0 Å². The number of carbonyl (C=O) groups is 1. The van der Waals surface area contributed by atoms with Crippen LogP contribution in [0.2, 0.25) is 0 Å². The smallest absolute Gasteiger partial charge is 0.248 e. The first-order chi connectivity index (χ1) is 7.77. The van der Waals surface area contributed by atoms with Gasteiger partial charge in [0.1, 0.15) is 12.1 Å². The fourth-order valence-corrected chi connectivity index (χ4v) is 2.55. The molecule has 0 bridgehead atoms. The Balaban J connectivity index is 2.14. The normalized spacial score (nSPS) is 29.0. The number of aliphatic imine (C=N–C) groups is 1. The van der Waals surface area contributed by atoms with E-state index in [0.717, 1.165) is 44.5 Å². The fourth-order valence-electron chi connectivity index (χ4n) is 2.55. The Labute approximate surface area is 96.7 Å². The molecule has 90 valence electrons. The van der Waals surface area contributed by atoms with Gasteiger partial charge in [-0.05, 0) is 19.3 Å². The van der Waals surface area contributed by atoms with Gasteiger partial charge in [0.15, 0.2) is 0 Å². The highest BCUT2D eigenvalue weighted by molar-refractivity contribution is 5.95. The number of nitrogens with zero attached hydrogens (tertiary/aromatic N) is 2. The molecule has 0 aromatic carbocycles. The van der Waals surface area contributed by atoms with Gasteiger partial charge in [-0.25, -0.2) is 4.99 Å². The summed E-state index contributed by atoms with van der Waals surface area (Å²) in [5, 5.41) is 0. The highest BCUT2D eigenvalue weighted by Gasteiger charge is 2.40. The molecule has 4 nitrogen and oxygen atoms in total. The molecule has 2 aliphatic rings. The molecule has 0 unspecified atom stereocenters. The van der Waals surface area contributed by atoms with Gasteiger partial charge in [-0.3, -0.25) is 4.79 Å². The molecule has 1 saturated heterocycles. The fraction of sp³-hybridized carbons (Fsp3) is 0.833. The maximum absolute atomic E-state index is 12.1. The van der Waals surface area contributed by atoms with Crippen LogP contribution in [0.3, 0.4) is 0 Å². The Kier molecular flexibility index (Phi) is 3.46. The van der Waals surface area contributed by atoms with Crippen molar-refractivity contribution in [1.82, 2.24) is 4.90 Å². The molecule has 0 radical (unpaired) electrons. The summed E-state index contributed by atoms with van der Waals surface area (Å²) in [6, 6.07) is -0.0698. The quantitative estimate of drug-likeness (QED) is 0.730. The number of fused-ring (bicyclic) bond motifs is 1. The number of amides is 1. The van der Waals surface area contributed by atoms with E-state index >= 15 is 0 Å². The van der Waals surface area contributed by atoms with Crippen molar-refractivity contribution in [3.63, 3.8) is 0 Å². The molecular formula is C12H20N2O2. The molecular weight excluding hydrogens is 204 g/mol. The zero-order chi connectivity index (χ0) is 11.5. The minimum Gasteiger partial charge on any atom is -0.483 e. The lowest BCUT2D eigenvalue weighted by atomic mass is 10.1. The molecule has 0 aromatic heterocycles. The van der Waals surface area contributed by atoms with Crippen molar-refractivity contribution in [3.05, 3.63) is 0 Å². The summed E-state index contributed by atoms with van der Waals surface area (Å²) < 4.78 is 5.32. The lowest BCUT2D eigenvalue weighted by molar-refractivity contribution is -0.133. The molecule has 2 atom stereocenters. The maximum atomic E-state index is 12.1. The number of hydrogen-bond acceptors (Lipinski definition) is 3. The van der Waals surface area contributed by atoms with Crippen LogP contribution in [0, 0.1) is 0 Å². The number of ether oxygens (including phenoxy) is 1. The second-order valence-electron chi connectivity index (χ2n) is 4.52. The predicted molar refractivity (Wildman–Crippen MR) is 62.5 cm³/mol. The first-order valence-corrected chi connectivity index (χ1v) is 6.20. The van der Waals surface area contributed by atoms with Crippen LogP contribution in [0.1, 0.15) is 39.0 Å². The molecule has 0 spiro atoms. The lowest BCUT2D eigenvalue weighted by Crippen LogP contribution is -2.50. The molecule has 1 fully saturated rings. The highest BCUT2D eigenvalue weighted by atomic mass is 16.5. The van der Waals surface area contributed by atoms with Crippen LogP contribution in [0.4, 0.5) is 0 Å². The lowest BCUT2D eigenvalue weighted by Gasteiger charge is -2.32. The van der Waals surface area contributed by atoms with E-state index in [-0.39, 0.29) is 18.0 Å². The molecule has 1 amide bonds. The third-order valence-corrected chi connectivity index (χ3v) is 3.43. The van der Waals surface area contributed by atoms with Crippen LogP contribution in [-0.4, -0.2) is 42.4 Å². The second kappa shape index (κ2) is 4.85. The van der Waals surface area contributed by atoms with Crippen LogP contribution in [-0.2, 0) is 9.53 Å². The number of hydrogen-bond donors (Lipinski definition) is 0. The standard InChI is InChI=1S/C12H20N2O2/c1-3-4-6-9-12(15)14-8-5-7-10(14)11(13-9)16-2/h9-10H,3-8H2,1-2H3/t9-,10+/m1/s1. The van der Waals surface area contributed by atoms with Crippen molar-refractivity contribution in [2.45, 2.75) is 51.1 Å². The summed E-state index contributed by atoms with van der Waals surface area (Å²) in [7, 11) is 1.65. The van der Waals surface area contributed by atoms with E-state index in [1.54, 1.807) is 7.11 Å². The van der Waals surface area contributed by atoms with Crippen LogP contribution in [0.15, 0.2) is 4.99 Å². The summed E-state index contributed by atoms with van der Waals surface area (Å²) in [6.45, 7) is 3.00. The number of unbranched alkanes of at least 4 members (excludes halogenated alkanes) is 1. The predicted octanol–water partition coefficient (Wildman–Crippen LogP) is 1.59. The van der Waals surface area contributed by atoms with Gasteiger partial charge in [0, 0.05) is 6.54 Å². The van der Waals surface area contributed by atoms with Gasteiger partial charge in [0.05, 0.1) is 7.11 Å². The molecule has 2 heterocycles. The van der Waals surface area contributed by atoms with E-state index < -0.39 is 0 Å². The summed E-state index contributed by atoms with van der Waals surface area (Å²) in [5.74, 6) is 0.968. The monoisotopic (exact) mass is 224 g/mol. The Morgan fingerprint density at radius 1 is 1.56 bits per heavy atom. The third-order valence-electron chi connectivity index (χ3n) is 3.43. The van der Waals surface area contributed by atoms with Gasteiger partial charge < -0.3 is 9.64 Å². The Bertz CT molecular complexity index is 301. The van der Waals surface area contributed by atoms with Crippen molar-refractivity contribution < 1.29 is 9.53 Å². The van der Waals surface area contributed by atoms with Gasteiger partial charge in [-0.1, -0.05) is 19.8 Å². The highest BCUT2D eigenvalue weighted by Crippen LogP contribution is 2.26. The summed E-state index contributed by atoms with van der Waals surface area (Å²) in [6.07, 6.45) is 5.07. The summed E-state index contributed by atoms with van der Waals surface area (Å²) in [5.41, 5.74) is 0. The van der Waals surface area contributed by atoms with Crippen LogP contribution in [0.5, 0.6) is 0 Å². The van der Waals surface area contributed by atoms with E-state index in [1.165, 1.54) is 0 Å². The molecule has 2 aliphatic heterocycles. The second-order valence-corrected chi connectivity index (χ2v) is 4.52. The minimum atomic E-state index is -0.191. The van der Waals surface area contributed by atoms with Gasteiger partial charge in [-0.2, -0.15) is 0 Å². The molecule has 0 aliphatic carbocycles. The van der Waals surface area contributed by atoms with E-state index in [4.69, 9.17) is 4.74 Å². The first-order valence-electron chi connectivity index (χ1n) is 6.20. The molecule has 2 rings (SSSR count). The van der Waals surface area contributed by atoms with Crippen molar-refractivity contribution in [1.29, 1.82) is 0 Å². The zero-order valence-electron chi connectivity index (χ0n) is 10.1. The Hall–Kier alpha value is -1.06. The number of carbonyl (C=O) groups excluding carboxylic acids is 1. The van der Waals surface area contributed by atoms with Crippen molar-refractivity contribution in [2.24, 2.45) is 4.99 Å². The van der Waals surface area contributed by atoms with E-state index in [2.05, 4.69) is 11.9 Å². The third kappa shape index (κ3) is 1.93. The van der Waals surface area contributed by atoms with E-state index in [0.29, 0.717) is 0 Å². The van der Waals surface area contributed by atoms with E-state index in [1.807, 2.05) is 4.90 Å². The number of methoxy groups -OCH3 is 1. The molecule has 4 heteroatoms. The average molecular weight is 224 g/mol. The maximum Gasteiger partial charge on any atom is 0.248 e. The van der Waals surface area contributed by atoms with Gasteiger partial charge in [0.2, 0.25) is 11.8 Å². The SMILES string of the molecule is CCCC[C@H]1N=C(OC)[C@@H]2CCCN2C1=O. The average Bonchev–Trinajstić information content (AvgIpc) is 2.78. The molecule has 0 saturated carbocycles. The Morgan fingerprint density at radius 2 is 2.38 bits per heavy atom. The van der Waals surface area contributed by atoms with Crippen LogP contribution >= 0.6 is 0 Å². The van der Waals surface area contributed by atoms with Crippen molar-refractivity contribution >= 4 is 11.8 Å². The van der Waals surface area contributed by atoms with Crippen LogP contribution < -0.4 is 0 Å². The van der Waals surface area contributed by atoms with Crippen molar-refractivity contribution in [3.8, 4) is 0 Å².